The number of unbranched alkanes of at least 4 members (excludes halogenated alkanes) is 7. The number of aryl methyl sites for hydroxylation is 1. The lowest BCUT2D eigenvalue weighted by Gasteiger charge is -2.35. The molecule has 1 aromatic carbocycles. The first-order valence-corrected chi connectivity index (χ1v) is 13.5. The van der Waals surface area contributed by atoms with Crippen molar-refractivity contribution in [3.63, 3.8) is 0 Å². The highest BCUT2D eigenvalue weighted by Crippen LogP contribution is 2.25. The van der Waals surface area contributed by atoms with Gasteiger partial charge in [0.15, 0.2) is 0 Å². The molecule has 0 radical (unpaired) electrons. The van der Waals surface area contributed by atoms with Crippen molar-refractivity contribution in [2.45, 2.75) is 98.8 Å². The van der Waals surface area contributed by atoms with E-state index in [0.29, 0.717) is 29.7 Å². The van der Waals surface area contributed by atoms with E-state index in [1.165, 1.54) is 69.2 Å². The third kappa shape index (κ3) is 7.97. The number of carbonyl (C=O) groups excluding carboxylic acids is 1. The highest BCUT2D eigenvalue weighted by molar-refractivity contribution is 5.83. The Morgan fingerprint density at radius 1 is 0.882 bits per heavy atom. The number of benzene rings is 1. The molecule has 0 spiro atoms. The molecular weight excluding hydrogens is 426 g/mol. The number of ether oxygens (including phenoxy) is 1. The van der Waals surface area contributed by atoms with Crippen LogP contribution in [0.3, 0.4) is 0 Å². The zero-order valence-corrected chi connectivity index (χ0v) is 22.2. The summed E-state index contributed by atoms with van der Waals surface area (Å²) in [4.78, 5) is 24.4. The summed E-state index contributed by atoms with van der Waals surface area (Å²) in [6, 6.07) is 5.28. The number of fused-ring (bicyclic) bond motifs is 1. The molecule has 0 atom stereocenters. The maximum atomic E-state index is 12.2. The predicted molar refractivity (Wildman–Crippen MR) is 141 cm³/mol. The quantitative estimate of drug-likeness (QED) is 0.0871. The molecule has 2 rings (SSSR count). The summed E-state index contributed by atoms with van der Waals surface area (Å²) in [5, 5.41) is 0.885. The van der Waals surface area contributed by atoms with E-state index in [-0.39, 0.29) is 11.6 Å². The Bertz CT molecular complexity index is 950. The Balaban J connectivity index is 1.62. The minimum Gasteiger partial charge on any atom is -0.426 e. The zero-order chi connectivity index (χ0) is 25.0. The van der Waals surface area contributed by atoms with Gasteiger partial charge in [-0.05, 0) is 71.1 Å². The van der Waals surface area contributed by atoms with Crippen LogP contribution in [0.1, 0.15) is 96.6 Å². The number of carbonyl (C=O) groups is 1. The minimum atomic E-state index is -0.314. The van der Waals surface area contributed by atoms with Crippen LogP contribution in [0, 0.1) is 6.92 Å². The van der Waals surface area contributed by atoms with Crippen LogP contribution in [0.4, 0.5) is 0 Å². The summed E-state index contributed by atoms with van der Waals surface area (Å²) in [6.45, 7) is 15.8. The van der Waals surface area contributed by atoms with Gasteiger partial charge in [-0.25, -0.2) is 4.79 Å². The van der Waals surface area contributed by atoms with Crippen LogP contribution in [0.25, 0.3) is 11.0 Å². The van der Waals surface area contributed by atoms with Gasteiger partial charge in [0.05, 0.1) is 26.2 Å². The van der Waals surface area contributed by atoms with Gasteiger partial charge < -0.3 is 13.6 Å². The molecule has 0 aliphatic heterocycles. The Morgan fingerprint density at radius 3 is 2.06 bits per heavy atom. The molecule has 34 heavy (non-hydrogen) atoms. The lowest BCUT2D eigenvalue weighted by molar-refractivity contribution is -0.923. The van der Waals surface area contributed by atoms with E-state index < -0.39 is 0 Å². The van der Waals surface area contributed by atoms with Crippen molar-refractivity contribution in [2.75, 3.05) is 26.2 Å². The van der Waals surface area contributed by atoms with E-state index in [0.717, 1.165) is 23.8 Å². The van der Waals surface area contributed by atoms with Gasteiger partial charge in [0.1, 0.15) is 11.3 Å². The van der Waals surface area contributed by atoms with Gasteiger partial charge in [0, 0.05) is 23.4 Å². The number of quaternary nitrogens is 1. The molecule has 1 heterocycles. The number of rotatable bonds is 16. The van der Waals surface area contributed by atoms with E-state index in [9.17, 15) is 9.59 Å². The molecule has 0 saturated heterocycles. The van der Waals surface area contributed by atoms with Crippen molar-refractivity contribution in [3.05, 3.63) is 39.7 Å². The van der Waals surface area contributed by atoms with Gasteiger partial charge in [0.2, 0.25) is 0 Å². The molecular formula is C29H46NO4+. The van der Waals surface area contributed by atoms with E-state index in [4.69, 9.17) is 9.15 Å². The average Bonchev–Trinajstić information content (AvgIpc) is 2.83. The smallest absolute Gasteiger partial charge is 0.339 e. The first kappa shape index (κ1) is 28.1. The molecule has 190 valence electrons. The van der Waals surface area contributed by atoms with E-state index >= 15 is 0 Å². The lowest BCUT2D eigenvalue weighted by Crippen LogP contribution is -2.48. The van der Waals surface area contributed by atoms with Crippen molar-refractivity contribution < 1.29 is 18.4 Å². The summed E-state index contributed by atoms with van der Waals surface area (Å²) >= 11 is 0. The summed E-state index contributed by atoms with van der Waals surface area (Å²) in [6.07, 6.45) is 10.6. The largest absolute Gasteiger partial charge is 0.426 e. The third-order valence-electron chi connectivity index (χ3n) is 7.62. The van der Waals surface area contributed by atoms with Gasteiger partial charge in [-0.1, -0.05) is 39.0 Å². The van der Waals surface area contributed by atoms with E-state index in [2.05, 4.69) is 20.8 Å². The highest BCUT2D eigenvalue weighted by atomic mass is 16.5. The monoisotopic (exact) mass is 472 g/mol. The Labute approximate surface area is 206 Å². The summed E-state index contributed by atoms with van der Waals surface area (Å²) in [5.74, 6) is 0.203. The van der Waals surface area contributed by atoms with Crippen LogP contribution in [-0.2, 0) is 11.2 Å². The molecule has 0 N–H and O–H groups in total. The molecule has 0 bridgehead atoms. The van der Waals surface area contributed by atoms with Crippen molar-refractivity contribution in [2.24, 2.45) is 0 Å². The van der Waals surface area contributed by atoms with Crippen LogP contribution >= 0.6 is 0 Å². The molecule has 0 unspecified atom stereocenters. The second-order valence-corrected chi connectivity index (χ2v) is 9.57. The van der Waals surface area contributed by atoms with Crippen LogP contribution < -0.4 is 10.4 Å². The third-order valence-corrected chi connectivity index (χ3v) is 7.62. The Kier molecular flexibility index (Phi) is 11.8. The number of hydrogen-bond acceptors (Lipinski definition) is 4. The normalized spacial score (nSPS) is 11.8. The fraction of sp³-hybridized carbons (Fsp3) is 0.655. The fourth-order valence-electron chi connectivity index (χ4n) is 4.95. The maximum Gasteiger partial charge on any atom is 0.339 e. The molecule has 0 saturated carbocycles. The molecule has 0 aliphatic carbocycles. The molecule has 2 aromatic rings. The average molecular weight is 473 g/mol. The molecule has 0 amide bonds. The molecule has 5 nitrogen and oxygen atoms in total. The van der Waals surface area contributed by atoms with Crippen molar-refractivity contribution in [3.8, 4) is 5.75 Å². The van der Waals surface area contributed by atoms with E-state index in [1.54, 1.807) is 12.1 Å². The number of hydrogen-bond donors (Lipinski definition) is 0. The Morgan fingerprint density at radius 2 is 1.47 bits per heavy atom. The van der Waals surface area contributed by atoms with Gasteiger partial charge in [-0.15, -0.1) is 0 Å². The van der Waals surface area contributed by atoms with Gasteiger partial charge in [-0.3, -0.25) is 4.79 Å². The highest BCUT2D eigenvalue weighted by Gasteiger charge is 2.19. The van der Waals surface area contributed by atoms with Crippen LogP contribution in [0.2, 0.25) is 0 Å². The van der Waals surface area contributed by atoms with E-state index in [1.807, 2.05) is 19.9 Å². The topological polar surface area (TPSA) is 56.5 Å². The second-order valence-electron chi connectivity index (χ2n) is 9.57. The molecule has 0 aliphatic rings. The van der Waals surface area contributed by atoms with Crippen LogP contribution in [0.5, 0.6) is 5.75 Å². The molecule has 5 heteroatoms. The van der Waals surface area contributed by atoms with Crippen LogP contribution in [0.15, 0.2) is 27.4 Å². The van der Waals surface area contributed by atoms with Crippen LogP contribution in [-0.4, -0.2) is 36.6 Å². The number of nitrogens with zero attached hydrogens (tertiary/aromatic N) is 1. The summed E-state index contributed by atoms with van der Waals surface area (Å²) in [5.41, 5.74) is 1.78. The van der Waals surface area contributed by atoms with Gasteiger partial charge in [0.25, 0.3) is 0 Å². The fourth-order valence-corrected chi connectivity index (χ4v) is 4.95. The maximum absolute atomic E-state index is 12.2. The summed E-state index contributed by atoms with van der Waals surface area (Å²) in [7, 11) is 0. The summed E-state index contributed by atoms with van der Waals surface area (Å²) < 4.78 is 12.2. The number of esters is 1. The molecule has 1 aromatic heterocycles. The SMILES string of the molecule is CCc1c(C)c2ccc(OC(=O)CCCCCCCCCC[N+](CC)(CC)CC)cc2oc1=O. The lowest BCUT2D eigenvalue weighted by atomic mass is 10.0. The standard InChI is InChI=1S/C29H46NO4/c1-6-25-23(5)26-20-19-24(22-27(26)34-29(25)32)33-28(31)18-16-14-12-10-11-13-15-17-21-30(7-2,8-3)9-4/h19-20,22H,6-18,21H2,1-5H3/q+1. The molecule has 0 fully saturated rings. The second kappa shape index (κ2) is 14.3. The van der Waals surface area contributed by atoms with Crippen molar-refractivity contribution >= 4 is 16.9 Å². The van der Waals surface area contributed by atoms with Crippen molar-refractivity contribution in [1.82, 2.24) is 0 Å². The Hall–Kier alpha value is -2.14. The first-order valence-electron chi connectivity index (χ1n) is 13.5. The first-order chi connectivity index (χ1) is 16.4. The van der Waals surface area contributed by atoms with Gasteiger partial charge in [-0.2, -0.15) is 0 Å². The van der Waals surface area contributed by atoms with Crippen molar-refractivity contribution in [1.29, 1.82) is 0 Å². The predicted octanol–water partition coefficient (Wildman–Crippen LogP) is 6.96. The zero-order valence-electron chi connectivity index (χ0n) is 22.2. The minimum absolute atomic E-state index is 0.229. The van der Waals surface area contributed by atoms with Gasteiger partial charge >= 0.3 is 11.6 Å².